The molecule has 0 aliphatic heterocycles. The van der Waals surface area contributed by atoms with E-state index in [0.29, 0.717) is 19.8 Å². The molecule has 0 spiro atoms. The van der Waals surface area contributed by atoms with Crippen molar-refractivity contribution in [3.05, 3.63) is 23.8 Å². The van der Waals surface area contributed by atoms with Crippen LogP contribution in [-0.2, 0) is 23.9 Å². The van der Waals surface area contributed by atoms with E-state index in [2.05, 4.69) is 0 Å². The molecule has 0 radical (unpaired) electrons. The first kappa shape index (κ1) is 19.2. The number of hydrogen-bond donors (Lipinski definition) is 0. The number of rotatable bonds is 8. The van der Waals surface area contributed by atoms with Crippen LogP contribution in [0.5, 0.6) is 5.75 Å². The second-order valence-corrected chi connectivity index (χ2v) is 8.34. The first-order valence-electron chi connectivity index (χ1n) is 6.95. The quantitative estimate of drug-likeness (QED) is 0.533. The zero-order valence-corrected chi connectivity index (χ0v) is 15.0. The van der Waals surface area contributed by atoms with Crippen molar-refractivity contribution in [2.75, 3.05) is 33.5 Å². The summed E-state index contributed by atoms with van der Waals surface area (Å²) in [7, 11) is 3.22. The molecule has 1 rings (SSSR count). The molecule has 0 N–H and O–H groups in total. The van der Waals surface area contributed by atoms with E-state index in [-0.39, 0.29) is 22.7 Å². The minimum absolute atomic E-state index is 0.0153. The SMILES string of the molecule is COCCOCCOc1ccc(C(C)(C)C)cc1S(=O)(=O)Cl. The summed E-state index contributed by atoms with van der Waals surface area (Å²) < 4.78 is 39.1. The maximum absolute atomic E-state index is 11.7. The molecular weight excluding hydrogens is 328 g/mol. The van der Waals surface area contributed by atoms with Gasteiger partial charge in [-0.2, -0.15) is 0 Å². The highest BCUT2D eigenvalue weighted by atomic mass is 35.7. The standard InChI is InChI=1S/C15H23ClO5S/c1-15(2,3)12-5-6-13(14(11-12)22(16,17)18)21-10-9-20-8-7-19-4/h5-6,11H,7-10H2,1-4H3. The van der Waals surface area contributed by atoms with Crippen molar-refractivity contribution in [2.45, 2.75) is 31.1 Å². The number of methoxy groups -OCH3 is 1. The highest BCUT2D eigenvalue weighted by Crippen LogP contribution is 2.32. The number of benzene rings is 1. The Bertz CT molecular complexity index is 578. The average Bonchev–Trinajstić information content (AvgIpc) is 2.40. The molecule has 0 aliphatic rings. The van der Waals surface area contributed by atoms with Crippen LogP contribution in [0.3, 0.4) is 0 Å². The third-order valence-corrected chi connectivity index (χ3v) is 4.33. The zero-order valence-electron chi connectivity index (χ0n) is 13.4. The average molecular weight is 351 g/mol. The van der Waals surface area contributed by atoms with E-state index in [0.717, 1.165) is 5.56 Å². The Morgan fingerprint density at radius 3 is 2.27 bits per heavy atom. The van der Waals surface area contributed by atoms with Crippen LogP contribution in [0, 0.1) is 0 Å². The van der Waals surface area contributed by atoms with Crippen LogP contribution in [0.25, 0.3) is 0 Å². The molecule has 1 aromatic carbocycles. The molecule has 0 fully saturated rings. The van der Waals surface area contributed by atoms with Crippen molar-refractivity contribution >= 4 is 19.7 Å². The van der Waals surface area contributed by atoms with Gasteiger partial charge in [-0.05, 0) is 23.1 Å². The van der Waals surface area contributed by atoms with Crippen LogP contribution in [0.15, 0.2) is 23.1 Å². The molecule has 0 unspecified atom stereocenters. The first-order valence-corrected chi connectivity index (χ1v) is 9.26. The second kappa shape index (κ2) is 8.15. The Labute approximate surface area is 136 Å². The van der Waals surface area contributed by atoms with Gasteiger partial charge < -0.3 is 14.2 Å². The topological polar surface area (TPSA) is 61.8 Å². The molecule has 0 saturated heterocycles. The van der Waals surface area contributed by atoms with E-state index in [1.807, 2.05) is 26.8 Å². The molecule has 0 aromatic heterocycles. The summed E-state index contributed by atoms with van der Waals surface area (Å²) in [4.78, 5) is -0.0153. The molecule has 0 saturated carbocycles. The van der Waals surface area contributed by atoms with E-state index >= 15 is 0 Å². The van der Waals surface area contributed by atoms with E-state index in [1.54, 1.807) is 19.2 Å². The smallest absolute Gasteiger partial charge is 0.264 e. The summed E-state index contributed by atoms with van der Waals surface area (Å²) in [5, 5.41) is 0. The Hall–Kier alpha value is -0.820. The molecule has 126 valence electrons. The molecule has 0 amide bonds. The molecule has 7 heteroatoms. The van der Waals surface area contributed by atoms with Gasteiger partial charge in [0, 0.05) is 17.8 Å². The summed E-state index contributed by atoms with van der Waals surface area (Å²) in [6.45, 7) is 7.53. The molecule has 0 heterocycles. The van der Waals surface area contributed by atoms with Crippen molar-refractivity contribution < 1.29 is 22.6 Å². The first-order chi connectivity index (χ1) is 10.2. The van der Waals surface area contributed by atoms with Crippen LogP contribution < -0.4 is 4.74 Å². The van der Waals surface area contributed by atoms with E-state index in [1.165, 1.54) is 0 Å². The number of hydrogen-bond acceptors (Lipinski definition) is 5. The van der Waals surface area contributed by atoms with Gasteiger partial charge in [0.2, 0.25) is 0 Å². The molecule has 22 heavy (non-hydrogen) atoms. The van der Waals surface area contributed by atoms with Crippen molar-refractivity contribution in [3.63, 3.8) is 0 Å². The second-order valence-electron chi connectivity index (χ2n) is 5.80. The lowest BCUT2D eigenvalue weighted by atomic mass is 9.87. The largest absolute Gasteiger partial charge is 0.490 e. The van der Waals surface area contributed by atoms with Crippen LogP contribution in [0.4, 0.5) is 0 Å². The summed E-state index contributed by atoms with van der Waals surface area (Å²) in [6.07, 6.45) is 0. The molecule has 0 aliphatic carbocycles. The Kier molecular flexibility index (Phi) is 7.12. The van der Waals surface area contributed by atoms with Crippen LogP contribution in [0.2, 0.25) is 0 Å². The predicted molar refractivity (Wildman–Crippen MR) is 86.4 cm³/mol. The zero-order chi connectivity index (χ0) is 16.8. The van der Waals surface area contributed by atoms with Gasteiger partial charge in [0.25, 0.3) is 9.05 Å². The van der Waals surface area contributed by atoms with Crippen molar-refractivity contribution in [1.29, 1.82) is 0 Å². The van der Waals surface area contributed by atoms with Crippen LogP contribution in [0.1, 0.15) is 26.3 Å². The highest BCUT2D eigenvalue weighted by Gasteiger charge is 2.22. The number of halogens is 1. The lowest BCUT2D eigenvalue weighted by molar-refractivity contribution is 0.0539. The van der Waals surface area contributed by atoms with Crippen molar-refractivity contribution in [2.24, 2.45) is 0 Å². The van der Waals surface area contributed by atoms with E-state index < -0.39 is 9.05 Å². The predicted octanol–water partition coefficient (Wildman–Crippen LogP) is 2.95. The monoisotopic (exact) mass is 350 g/mol. The normalized spacial score (nSPS) is 12.4. The Balaban J connectivity index is 2.82. The molecule has 5 nitrogen and oxygen atoms in total. The summed E-state index contributed by atoms with van der Waals surface area (Å²) in [5.74, 6) is 0.235. The fourth-order valence-electron chi connectivity index (χ4n) is 1.74. The molecule has 0 bridgehead atoms. The van der Waals surface area contributed by atoms with Gasteiger partial charge in [0.15, 0.2) is 0 Å². The third-order valence-electron chi connectivity index (χ3n) is 2.99. The molecule has 0 atom stereocenters. The minimum Gasteiger partial charge on any atom is -0.490 e. The van der Waals surface area contributed by atoms with Crippen LogP contribution >= 0.6 is 10.7 Å². The lowest BCUT2D eigenvalue weighted by Crippen LogP contribution is -2.14. The van der Waals surface area contributed by atoms with Gasteiger partial charge in [-0.3, -0.25) is 0 Å². The Morgan fingerprint density at radius 1 is 1.09 bits per heavy atom. The maximum atomic E-state index is 11.7. The van der Waals surface area contributed by atoms with Gasteiger partial charge >= 0.3 is 0 Å². The van der Waals surface area contributed by atoms with Gasteiger partial charge in [-0.1, -0.05) is 26.8 Å². The van der Waals surface area contributed by atoms with Gasteiger partial charge in [0.1, 0.15) is 17.3 Å². The number of ether oxygens (including phenoxy) is 3. The van der Waals surface area contributed by atoms with Gasteiger partial charge in [-0.15, -0.1) is 0 Å². The molecule has 1 aromatic rings. The fraction of sp³-hybridized carbons (Fsp3) is 0.600. The van der Waals surface area contributed by atoms with Crippen molar-refractivity contribution in [1.82, 2.24) is 0 Å². The fourth-order valence-corrected chi connectivity index (χ4v) is 2.74. The van der Waals surface area contributed by atoms with Gasteiger partial charge in [-0.25, -0.2) is 8.42 Å². The van der Waals surface area contributed by atoms with Crippen LogP contribution in [-0.4, -0.2) is 42.0 Å². The summed E-state index contributed by atoms with van der Waals surface area (Å²) in [5.41, 5.74) is 0.688. The summed E-state index contributed by atoms with van der Waals surface area (Å²) in [6, 6.07) is 5.03. The lowest BCUT2D eigenvalue weighted by Gasteiger charge is -2.20. The Morgan fingerprint density at radius 2 is 1.73 bits per heavy atom. The van der Waals surface area contributed by atoms with E-state index in [9.17, 15) is 8.42 Å². The van der Waals surface area contributed by atoms with Crippen molar-refractivity contribution in [3.8, 4) is 5.75 Å². The van der Waals surface area contributed by atoms with E-state index in [4.69, 9.17) is 24.9 Å². The van der Waals surface area contributed by atoms with Gasteiger partial charge in [0.05, 0.1) is 19.8 Å². The maximum Gasteiger partial charge on any atom is 0.264 e. The summed E-state index contributed by atoms with van der Waals surface area (Å²) >= 11 is 0. The third kappa shape index (κ3) is 6.12. The molecular formula is C15H23ClO5S. The minimum atomic E-state index is -3.88. The highest BCUT2D eigenvalue weighted by molar-refractivity contribution is 8.13.